The molecule has 0 heterocycles. The Morgan fingerprint density at radius 2 is 2.13 bits per heavy atom. The van der Waals surface area contributed by atoms with E-state index in [0.29, 0.717) is 27.1 Å². The van der Waals surface area contributed by atoms with Crippen molar-refractivity contribution in [3.8, 4) is 23.8 Å². The molecule has 0 aliphatic heterocycles. The number of rotatable bonds is 4. The molecule has 23 heavy (non-hydrogen) atoms. The number of ether oxygens (including phenoxy) is 1. The van der Waals surface area contributed by atoms with Crippen LogP contribution in [0.25, 0.3) is 0 Å². The molecule has 0 bridgehead atoms. The molecule has 120 valence electrons. The summed E-state index contributed by atoms with van der Waals surface area (Å²) in [6, 6.07) is 10.3. The summed E-state index contributed by atoms with van der Waals surface area (Å²) in [5.74, 6) is 3.49. The van der Waals surface area contributed by atoms with Crippen LogP contribution in [0, 0.1) is 19.3 Å². The number of aryl methyl sites for hydroxylation is 1. The van der Waals surface area contributed by atoms with E-state index in [1.54, 1.807) is 42.7 Å². The van der Waals surface area contributed by atoms with Gasteiger partial charge in [0, 0.05) is 12.3 Å². The van der Waals surface area contributed by atoms with Crippen molar-refractivity contribution >= 4 is 27.0 Å². The van der Waals surface area contributed by atoms with Crippen LogP contribution in [-0.4, -0.2) is 17.0 Å². The Labute approximate surface area is 141 Å². The lowest BCUT2D eigenvalue weighted by atomic mass is 10.2. The molecule has 0 radical (unpaired) electrons. The van der Waals surface area contributed by atoms with Gasteiger partial charge in [-0.25, -0.2) is 8.57 Å². The molecule has 2 aromatic carbocycles. The van der Waals surface area contributed by atoms with Gasteiger partial charge >= 0.3 is 0 Å². The van der Waals surface area contributed by atoms with E-state index in [4.69, 9.17) is 28.5 Å². The minimum atomic E-state index is -2.56. The molecule has 2 N–H and O–H groups in total. The van der Waals surface area contributed by atoms with Crippen LogP contribution in [-0.2, 0) is 9.73 Å². The van der Waals surface area contributed by atoms with Crippen molar-refractivity contribution in [2.45, 2.75) is 11.8 Å². The van der Waals surface area contributed by atoms with Crippen molar-refractivity contribution in [1.82, 2.24) is 0 Å². The molecule has 1 unspecified atom stereocenters. The van der Waals surface area contributed by atoms with Gasteiger partial charge in [-0.3, -0.25) is 0 Å². The van der Waals surface area contributed by atoms with Crippen molar-refractivity contribution in [3.05, 3.63) is 47.0 Å². The van der Waals surface area contributed by atoms with Crippen LogP contribution in [0.1, 0.15) is 5.56 Å². The van der Waals surface area contributed by atoms with Gasteiger partial charge in [0.1, 0.15) is 18.0 Å². The Hall–Kier alpha value is -2.16. The first-order chi connectivity index (χ1) is 10.8. The van der Waals surface area contributed by atoms with E-state index in [1.807, 2.05) is 6.92 Å². The molecular weight excluding hydrogens is 332 g/mol. The van der Waals surface area contributed by atoms with E-state index in [2.05, 4.69) is 10.3 Å². The third kappa shape index (κ3) is 4.19. The van der Waals surface area contributed by atoms with E-state index in [1.165, 1.54) is 0 Å². The lowest BCUT2D eigenvalue weighted by Gasteiger charge is -2.12. The van der Waals surface area contributed by atoms with Gasteiger partial charge in [0.05, 0.1) is 25.3 Å². The Morgan fingerprint density at radius 3 is 2.83 bits per heavy atom. The van der Waals surface area contributed by atoms with Crippen LogP contribution in [0.3, 0.4) is 0 Å². The molecular formula is C17H17ClN2O2S. The van der Waals surface area contributed by atoms with Crippen molar-refractivity contribution in [3.63, 3.8) is 0 Å². The topological polar surface area (TPSA) is 64.7 Å². The highest BCUT2D eigenvalue weighted by Gasteiger charge is 2.10. The highest BCUT2D eigenvalue weighted by molar-refractivity contribution is 7.93. The molecule has 4 nitrogen and oxygen atoms in total. The zero-order chi connectivity index (χ0) is 17.0. The molecule has 0 aromatic heterocycles. The second-order valence-corrected chi connectivity index (χ2v) is 7.75. The number of hydrogen-bond donors (Lipinski definition) is 1. The Bertz CT molecular complexity index is 894. The van der Waals surface area contributed by atoms with Gasteiger partial charge in [0.2, 0.25) is 0 Å². The number of nitrogens with zero attached hydrogens (tertiary/aromatic N) is 1. The smallest absolute Gasteiger partial charge is 0.131 e. The van der Waals surface area contributed by atoms with Crippen molar-refractivity contribution in [2.24, 2.45) is 4.36 Å². The standard InChI is InChI=1S/C17H17ClN2O2S/c1-4-8-20-23(3,21)14-7-5-6-13(10-14)22-17-11-15(18)16(19)9-12(17)2/h1,5-7,9-11H,8,19H2,2-3H3. The highest BCUT2D eigenvalue weighted by Crippen LogP contribution is 2.32. The molecule has 2 rings (SSSR count). The van der Waals surface area contributed by atoms with Crippen LogP contribution in [0.5, 0.6) is 11.5 Å². The molecule has 0 amide bonds. The molecule has 0 spiro atoms. The second kappa shape index (κ2) is 6.95. The first kappa shape index (κ1) is 17.2. The summed E-state index contributed by atoms with van der Waals surface area (Å²) in [6.07, 6.45) is 6.72. The van der Waals surface area contributed by atoms with Crippen LogP contribution >= 0.6 is 11.6 Å². The summed E-state index contributed by atoms with van der Waals surface area (Å²) in [4.78, 5) is 0.560. The number of nitrogen functional groups attached to an aromatic ring is 1. The quantitative estimate of drug-likeness (QED) is 0.667. The van der Waals surface area contributed by atoms with Gasteiger partial charge in [-0.15, -0.1) is 6.42 Å². The predicted octanol–water partition coefficient (Wildman–Crippen LogP) is 4.11. The molecule has 0 saturated carbocycles. The van der Waals surface area contributed by atoms with Gasteiger partial charge in [-0.2, -0.15) is 0 Å². The maximum absolute atomic E-state index is 12.6. The first-order valence-electron chi connectivity index (χ1n) is 6.78. The Balaban J connectivity index is 2.37. The fraction of sp³-hybridized carbons (Fsp3) is 0.176. The summed E-state index contributed by atoms with van der Waals surface area (Å²) in [5.41, 5.74) is 7.11. The predicted molar refractivity (Wildman–Crippen MR) is 95.6 cm³/mol. The summed E-state index contributed by atoms with van der Waals surface area (Å²) in [6.45, 7) is 1.98. The average Bonchev–Trinajstić information content (AvgIpc) is 2.51. The van der Waals surface area contributed by atoms with Gasteiger partial charge in [-0.05, 0) is 36.8 Å². The van der Waals surface area contributed by atoms with E-state index in [9.17, 15) is 4.21 Å². The normalized spacial score (nSPS) is 13.0. The lowest BCUT2D eigenvalue weighted by Crippen LogP contribution is -1.99. The monoisotopic (exact) mass is 348 g/mol. The van der Waals surface area contributed by atoms with Crippen molar-refractivity contribution in [2.75, 3.05) is 18.5 Å². The average molecular weight is 349 g/mol. The maximum atomic E-state index is 12.6. The molecule has 0 fully saturated rings. The summed E-state index contributed by atoms with van der Waals surface area (Å²) in [5, 5.41) is 0.421. The zero-order valence-electron chi connectivity index (χ0n) is 12.9. The molecule has 1 atom stereocenters. The first-order valence-corrected chi connectivity index (χ1v) is 9.08. The molecule has 0 saturated heterocycles. The van der Waals surface area contributed by atoms with Crippen LogP contribution in [0.2, 0.25) is 5.02 Å². The van der Waals surface area contributed by atoms with Crippen LogP contribution in [0.15, 0.2) is 45.7 Å². The fourth-order valence-corrected chi connectivity index (χ4v) is 3.22. The fourth-order valence-electron chi connectivity index (χ4n) is 1.93. The number of anilines is 1. The van der Waals surface area contributed by atoms with E-state index in [-0.39, 0.29) is 6.54 Å². The van der Waals surface area contributed by atoms with Crippen molar-refractivity contribution in [1.29, 1.82) is 0 Å². The largest absolute Gasteiger partial charge is 0.457 e. The number of terminal acetylenes is 1. The van der Waals surface area contributed by atoms with Crippen LogP contribution in [0.4, 0.5) is 5.69 Å². The number of halogens is 1. The lowest BCUT2D eigenvalue weighted by molar-refractivity contribution is 0.477. The van der Waals surface area contributed by atoms with Crippen LogP contribution < -0.4 is 10.5 Å². The zero-order valence-corrected chi connectivity index (χ0v) is 14.4. The van der Waals surface area contributed by atoms with Gasteiger partial charge in [0.15, 0.2) is 0 Å². The Morgan fingerprint density at radius 1 is 1.39 bits per heavy atom. The number of hydrogen-bond acceptors (Lipinski definition) is 4. The van der Waals surface area contributed by atoms with E-state index < -0.39 is 9.73 Å². The van der Waals surface area contributed by atoms with Gasteiger partial charge in [0.25, 0.3) is 0 Å². The minimum absolute atomic E-state index is 0.104. The molecule has 0 aliphatic rings. The SMILES string of the molecule is C#CCN=S(C)(=O)c1cccc(Oc2cc(Cl)c(N)cc2C)c1. The third-order valence-electron chi connectivity index (χ3n) is 3.17. The summed E-state index contributed by atoms with van der Waals surface area (Å²) in [7, 11) is -2.56. The van der Waals surface area contributed by atoms with Gasteiger partial charge in [-0.1, -0.05) is 23.6 Å². The molecule has 2 aromatic rings. The summed E-state index contributed by atoms with van der Waals surface area (Å²) >= 11 is 6.03. The number of benzene rings is 2. The third-order valence-corrected chi connectivity index (χ3v) is 5.24. The minimum Gasteiger partial charge on any atom is -0.457 e. The maximum Gasteiger partial charge on any atom is 0.131 e. The van der Waals surface area contributed by atoms with E-state index >= 15 is 0 Å². The van der Waals surface area contributed by atoms with E-state index in [0.717, 1.165) is 5.56 Å². The Kier molecular flexibility index (Phi) is 5.19. The number of nitrogens with two attached hydrogens (primary N) is 1. The van der Waals surface area contributed by atoms with Crippen molar-refractivity contribution < 1.29 is 8.95 Å². The molecule has 0 aliphatic carbocycles. The highest BCUT2D eigenvalue weighted by atomic mass is 35.5. The molecule has 6 heteroatoms. The second-order valence-electron chi connectivity index (χ2n) is 5.01. The van der Waals surface area contributed by atoms with Gasteiger partial charge < -0.3 is 10.5 Å². The summed E-state index contributed by atoms with van der Waals surface area (Å²) < 4.78 is 22.4.